The van der Waals surface area contributed by atoms with Crippen LogP contribution >= 0.6 is 0 Å². The molecule has 0 aliphatic carbocycles. The van der Waals surface area contributed by atoms with E-state index in [2.05, 4.69) is 10.6 Å². The third-order valence-corrected chi connectivity index (χ3v) is 13.4. The number of rotatable bonds is 48. The second-order valence-electron chi connectivity index (χ2n) is 17.9. The minimum atomic E-state index is -3.51. The molecule has 0 radical (unpaired) electrons. The molecule has 0 aliphatic rings. The van der Waals surface area contributed by atoms with Gasteiger partial charge >= 0.3 is 17.9 Å². The van der Waals surface area contributed by atoms with Crippen molar-refractivity contribution >= 4 is 56.9 Å². The standard InChI is InChI=1S/C49H86N2O13S/c1-2-50-45(55)36-33-40(48(59)60)38-42(53)34-35-44(49(61)62)51-46(56)31-25-21-17-13-10-9-11-15-19-23-28-41(52)30-27-37-65(63,64)39-43(54)29-24-20-16-12-7-5-3-4-6-8-14-18-22-26-32-47(57)58/h40,44H,2-39H2,1H3,(H,50,55)(H,51,56)(H,57,58)(H,59,60)(H,61,62). The Bertz CT molecular complexity index is 1480. The zero-order chi connectivity index (χ0) is 48.6. The molecule has 0 aliphatic heterocycles. The lowest BCUT2D eigenvalue weighted by atomic mass is 9.94. The van der Waals surface area contributed by atoms with E-state index in [-0.39, 0.29) is 87.4 Å². The Morgan fingerprint density at radius 2 is 0.846 bits per heavy atom. The number of carboxylic acids is 3. The van der Waals surface area contributed by atoms with Gasteiger partial charge in [0.05, 0.1) is 11.7 Å². The van der Waals surface area contributed by atoms with E-state index in [4.69, 9.17) is 5.11 Å². The molecule has 0 fully saturated rings. The number of nitrogens with one attached hydrogen (secondary N) is 2. The van der Waals surface area contributed by atoms with Crippen molar-refractivity contribution in [3.8, 4) is 0 Å². The molecule has 0 saturated carbocycles. The summed E-state index contributed by atoms with van der Waals surface area (Å²) in [4.78, 5) is 94.7. The number of aliphatic carboxylic acids is 3. The highest BCUT2D eigenvalue weighted by Gasteiger charge is 2.25. The number of carbonyl (C=O) groups is 8. The number of Topliss-reactive ketones (excluding diaryl/α,β-unsaturated/α-hetero) is 3. The van der Waals surface area contributed by atoms with E-state index < -0.39 is 57.1 Å². The highest BCUT2D eigenvalue weighted by Crippen LogP contribution is 2.17. The highest BCUT2D eigenvalue weighted by molar-refractivity contribution is 7.92. The van der Waals surface area contributed by atoms with Crippen LogP contribution in [-0.4, -0.2) is 94.9 Å². The van der Waals surface area contributed by atoms with E-state index in [0.29, 0.717) is 25.8 Å². The third kappa shape index (κ3) is 40.3. The first kappa shape index (κ1) is 61.3. The van der Waals surface area contributed by atoms with Crippen LogP contribution in [0.1, 0.15) is 232 Å². The number of hydrogen-bond acceptors (Lipinski definition) is 10. The van der Waals surface area contributed by atoms with E-state index in [1.165, 1.54) is 44.9 Å². The Balaban J connectivity index is 3.83. The molecule has 0 bridgehead atoms. The molecule has 2 amide bonds. The van der Waals surface area contributed by atoms with Crippen molar-refractivity contribution in [3.05, 3.63) is 0 Å². The minimum absolute atomic E-state index is 0.00280. The maximum Gasteiger partial charge on any atom is 0.326 e. The lowest BCUT2D eigenvalue weighted by Crippen LogP contribution is -2.41. The monoisotopic (exact) mass is 943 g/mol. The molecular formula is C49H86N2O13S. The minimum Gasteiger partial charge on any atom is -0.481 e. The van der Waals surface area contributed by atoms with Crippen molar-refractivity contribution in [2.75, 3.05) is 18.1 Å². The lowest BCUT2D eigenvalue weighted by molar-refractivity contribution is -0.145. The lowest BCUT2D eigenvalue weighted by Gasteiger charge is -2.15. The Labute approximate surface area is 390 Å². The zero-order valence-electron chi connectivity index (χ0n) is 39.9. The Morgan fingerprint density at radius 3 is 1.28 bits per heavy atom. The van der Waals surface area contributed by atoms with Gasteiger partial charge in [0.15, 0.2) is 9.84 Å². The van der Waals surface area contributed by atoms with Crippen LogP contribution in [0.5, 0.6) is 0 Å². The topological polar surface area (TPSA) is 255 Å². The van der Waals surface area contributed by atoms with Gasteiger partial charge in [-0.1, -0.05) is 128 Å². The van der Waals surface area contributed by atoms with Crippen LogP contribution in [-0.2, 0) is 48.2 Å². The highest BCUT2D eigenvalue weighted by atomic mass is 32.2. The molecule has 16 heteroatoms. The number of amides is 2. The van der Waals surface area contributed by atoms with Gasteiger partial charge in [-0.25, -0.2) is 13.2 Å². The molecule has 0 aromatic carbocycles. The maximum absolute atomic E-state index is 12.4. The summed E-state index contributed by atoms with van der Waals surface area (Å²) in [6.07, 6.45) is 25.4. The predicted molar refractivity (Wildman–Crippen MR) is 252 cm³/mol. The van der Waals surface area contributed by atoms with Crippen LogP contribution in [0.2, 0.25) is 0 Å². The van der Waals surface area contributed by atoms with Crippen molar-refractivity contribution in [3.63, 3.8) is 0 Å². The van der Waals surface area contributed by atoms with E-state index in [1.54, 1.807) is 6.92 Å². The summed E-state index contributed by atoms with van der Waals surface area (Å²) in [6.45, 7) is 2.16. The average Bonchev–Trinajstić information content (AvgIpc) is 3.23. The van der Waals surface area contributed by atoms with Gasteiger partial charge in [-0.3, -0.25) is 33.6 Å². The molecule has 0 rings (SSSR count). The van der Waals surface area contributed by atoms with Gasteiger partial charge < -0.3 is 26.0 Å². The summed E-state index contributed by atoms with van der Waals surface area (Å²) in [5, 5.41) is 32.6. The quantitative estimate of drug-likeness (QED) is 0.0357. The number of hydrogen-bond donors (Lipinski definition) is 5. The van der Waals surface area contributed by atoms with E-state index in [9.17, 15) is 57.0 Å². The van der Waals surface area contributed by atoms with Crippen molar-refractivity contribution in [2.45, 2.75) is 238 Å². The van der Waals surface area contributed by atoms with Gasteiger partial charge in [-0.2, -0.15) is 0 Å². The average molecular weight is 943 g/mol. The van der Waals surface area contributed by atoms with Crippen molar-refractivity contribution < 1.29 is 62.1 Å². The van der Waals surface area contributed by atoms with E-state index in [1.807, 2.05) is 0 Å². The molecule has 0 aromatic rings. The SMILES string of the molecule is CCNC(=O)CCC(CC(=O)CCC(NC(=O)CCCCCCCCCCCCC(=O)CCCS(=O)(=O)CC(=O)CCCCCCCCCCCCCCCCC(=O)O)C(=O)O)C(=O)O. The number of ketones is 3. The van der Waals surface area contributed by atoms with Crippen molar-refractivity contribution in [1.29, 1.82) is 0 Å². The van der Waals surface area contributed by atoms with Gasteiger partial charge in [0, 0.05) is 57.9 Å². The summed E-state index contributed by atoms with van der Waals surface area (Å²) in [5.74, 6) is -6.13. The van der Waals surface area contributed by atoms with Crippen LogP contribution in [0.15, 0.2) is 0 Å². The molecule has 0 heterocycles. The number of carboxylic acid groups (broad SMARTS) is 3. The molecule has 65 heavy (non-hydrogen) atoms. The van der Waals surface area contributed by atoms with Crippen LogP contribution in [0.25, 0.3) is 0 Å². The maximum atomic E-state index is 12.4. The van der Waals surface area contributed by atoms with E-state index in [0.717, 1.165) is 96.3 Å². The van der Waals surface area contributed by atoms with Gasteiger partial charge in [0.1, 0.15) is 29.1 Å². The van der Waals surface area contributed by atoms with Crippen LogP contribution in [0.3, 0.4) is 0 Å². The fourth-order valence-electron chi connectivity index (χ4n) is 7.86. The van der Waals surface area contributed by atoms with Gasteiger partial charge in [0.25, 0.3) is 0 Å². The van der Waals surface area contributed by atoms with Crippen LogP contribution < -0.4 is 10.6 Å². The Hall–Kier alpha value is -3.69. The first-order valence-electron chi connectivity index (χ1n) is 25.0. The fourth-order valence-corrected chi connectivity index (χ4v) is 9.22. The molecule has 2 atom stereocenters. The van der Waals surface area contributed by atoms with Crippen LogP contribution in [0.4, 0.5) is 0 Å². The Kier molecular flexibility index (Phi) is 38.3. The summed E-state index contributed by atoms with van der Waals surface area (Å²) in [7, 11) is -3.51. The largest absolute Gasteiger partial charge is 0.481 e. The molecular weight excluding hydrogens is 857 g/mol. The van der Waals surface area contributed by atoms with Gasteiger partial charge in [-0.05, 0) is 51.9 Å². The molecule has 0 spiro atoms. The smallest absolute Gasteiger partial charge is 0.326 e. The molecule has 0 aromatic heterocycles. The summed E-state index contributed by atoms with van der Waals surface area (Å²) in [5.41, 5.74) is 0. The molecule has 376 valence electrons. The third-order valence-electron chi connectivity index (χ3n) is 11.8. The summed E-state index contributed by atoms with van der Waals surface area (Å²) in [6, 6.07) is -1.25. The number of unbranched alkanes of at least 4 members (excludes halogenated alkanes) is 22. The first-order chi connectivity index (χ1) is 31.1. The normalized spacial score (nSPS) is 12.3. The Morgan fingerprint density at radius 1 is 0.431 bits per heavy atom. The molecule has 5 N–H and O–H groups in total. The number of sulfone groups is 1. The molecule has 0 saturated heterocycles. The summed E-state index contributed by atoms with van der Waals surface area (Å²) >= 11 is 0. The second kappa shape index (κ2) is 40.6. The second-order valence-corrected chi connectivity index (χ2v) is 20.1. The molecule has 15 nitrogen and oxygen atoms in total. The van der Waals surface area contributed by atoms with E-state index >= 15 is 0 Å². The molecule has 2 unspecified atom stereocenters. The van der Waals surface area contributed by atoms with Gasteiger partial charge in [-0.15, -0.1) is 0 Å². The first-order valence-corrected chi connectivity index (χ1v) is 26.9. The van der Waals surface area contributed by atoms with Crippen LogP contribution in [0, 0.1) is 5.92 Å². The summed E-state index contributed by atoms with van der Waals surface area (Å²) < 4.78 is 24.9. The van der Waals surface area contributed by atoms with Gasteiger partial charge in [0.2, 0.25) is 11.8 Å². The fraction of sp³-hybridized carbons (Fsp3) is 0.837. The van der Waals surface area contributed by atoms with Crippen molar-refractivity contribution in [1.82, 2.24) is 10.6 Å². The zero-order valence-corrected chi connectivity index (χ0v) is 40.7. The van der Waals surface area contributed by atoms with Crippen molar-refractivity contribution in [2.24, 2.45) is 5.92 Å². The predicted octanol–water partition coefficient (Wildman–Crippen LogP) is 9.25. The number of carbonyl (C=O) groups excluding carboxylic acids is 5.